The van der Waals surface area contributed by atoms with Gasteiger partial charge in [0.2, 0.25) is 0 Å². The summed E-state index contributed by atoms with van der Waals surface area (Å²) in [6.45, 7) is 4.06. The number of hydrogen-bond acceptors (Lipinski definition) is 5. The van der Waals surface area contributed by atoms with Gasteiger partial charge in [-0.1, -0.05) is 17.7 Å². The van der Waals surface area contributed by atoms with Crippen LogP contribution < -0.4 is 10.7 Å². The zero-order chi connectivity index (χ0) is 21.1. The molecule has 3 aromatic rings. The maximum absolute atomic E-state index is 12.6. The van der Waals surface area contributed by atoms with Crippen molar-refractivity contribution in [1.82, 2.24) is 10.7 Å². The Kier molecular flexibility index (Phi) is 5.52. The van der Waals surface area contributed by atoms with E-state index < -0.39 is 0 Å². The molecule has 7 heteroatoms. The van der Waals surface area contributed by atoms with Crippen LogP contribution in [0.5, 0.6) is 0 Å². The zero-order valence-corrected chi connectivity index (χ0v) is 17.0. The molecule has 0 saturated carbocycles. The Morgan fingerprint density at radius 1 is 1.10 bits per heavy atom. The van der Waals surface area contributed by atoms with Gasteiger partial charge in [0, 0.05) is 23.1 Å². The minimum absolute atomic E-state index is 0.268. The van der Waals surface area contributed by atoms with Gasteiger partial charge in [0.25, 0.3) is 11.8 Å². The lowest BCUT2D eigenvalue weighted by Gasteiger charge is -2.13. The molecule has 1 aromatic carbocycles. The molecular formula is C23H23N3O4. The van der Waals surface area contributed by atoms with Gasteiger partial charge in [0.05, 0.1) is 18.5 Å². The number of amides is 2. The molecule has 0 radical (unpaired) electrons. The van der Waals surface area contributed by atoms with Gasteiger partial charge in [-0.3, -0.25) is 9.59 Å². The number of nitrogens with zero attached hydrogens (tertiary/aromatic N) is 1. The molecule has 2 heterocycles. The van der Waals surface area contributed by atoms with Gasteiger partial charge in [0.1, 0.15) is 11.5 Å². The first-order valence-electron chi connectivity index (χ1n) is 9.89. The first-order chi connectivity index (χ1) is 14.5. The topological polar surface area (TPSA) is 96.8 Å². The second kappa shape index (κ2) is 8.41. The number of furan rings is 2. The maximum atomic E-state index is 12.6. The summed E-state index contributed by atoms with van der Waals surface area (Å²) >= 11 is 0. The molecule has 1 aliphatic carbocycles. The normalized spacial score (nSPS) is 14.4. The lowest BCUT2D eigenvalue weighted by atomic mass is 9.93. The van der Waals surface area contributed by atoms with Gasteiger partial charge >= 0.3 is 0 Å². The SMILES string of the molecule is Cc1cccc(C(=O)N/N=C2\CCCc3oc(C(=O)NCc4ccco4)c(C)c32)c1. The molecule has 2 N–H and O–H groups in total. The molecule has 0 fully saturated rings. The van der Waals surface area contributed by atoms with Crippen molar-refractivity contribution in [3.8, 4) is 0 Å². The van der Waals surface area contributed by atoms with E-state index >= 15 is 0 Å². The molecule has 2 aromatic heterocycles. The average molecular weight is 405 g/mol. The van der Waals surface area contributed by atoms with E-state index in [9.17, 15) is 9.59 Å². The van der Waals surface area contributed by atoms with Crippen LogP contribution in [0.15, 0.2) is 56.6 Å². The standard InChI is InChI=1S/C23H23N3O4/c1-14-6-3-7-16(12-14)22(27)26-25-18-9-4-10-19-20(18)15(2)21(30-19)23(28)24-13-17-8-5-11-29-17/h3,5-8,11-12H,4,9-10,13H2,1-2H3,(H,24,28)(H,26,27)/b25-18+. The van der Waals surface area contributed by atoms with E-state index in [1.165, 1.54) is 0 Å². The van der Waals surface area contributed by atoms with E-state index in [0.29, 0.717) is 17.7 Å². The van der Waals surface area contributed by atoms with Crippen molar-refractivity contribution < 1.29 is 18.4 Å². The number of aryl methyl sites for hydroxylation is 2. The highest BCUT2D eigenvalue weighted by atomic mass is 16.4. The zero-order valence-electron chi connectivity index (χ0n) is 17.0. The predicted octanol–water partition coefficient (Wildman–Crippen LogP) is 3.89. The second-order valence-electron chi connectivity index (χ2n) is 7.34. The van der Waals surface area contributed by atoms with E-state index in [2.05, 4.69) is 15.8 Å². The molecule has 0 atom stereocenters. The third-order valence-electron chi connectivity index (χ3n) is 5.11. The lowest BCUT2D eigenvalue weighted by molar-refractivity contribution is 0.0916. The minimum atomic E-state index is -0.304. The van der Waals surface area contributed by atoms with Crippen molar-refractivity contribution in [3.05, 3.63) is 82.2 Å². The van der Waals surface area contributed by atoms with Gasteiger partial charge in [-0.2, -0.15) is 5.10 Å². The second-order valence-corrected chi connectivity index (χ2v) is 7.34. The van der Waals surface area contributed by atoms with E-state index in [4.69, 9.17) is 8.83 Å². The Bertz CT molecular complexity index is 1110. The molecule has 4 rings (SSSR count). The minimum Gasteiger partial charge on any atom is -0.467 e. The summed E-state index contributed by atoms with van der Waals surface area (Å²) in [5.41, 5.74) is 6.47. The molecule has 0 unspecified atom stereocenters. The molecule has 2 amide bonds. The van der Waals surface area contributed by atoms with E-state index in [1.54, 1.807) is 24.5 Å². The van der Waals surface area contributed by atoms with Crippen molar-refractivity contribution in [2.24, 2.45) is 5.10 Å². The van der Waals surface area contributed by atoms with E-state index in [-0.39, 0.29) is 24.1 Å². The first kappa shape index (κ1) is 19.7. The fraction of sp³-hybridized carbons (Fsp3) is 0.261. The molecule has 0 bridgehead atoms. The molecule has 0 spiro atoms. The highest BCUT2D eigenvalue weighted by Crippen LogP contribution is 2.30. The Labute approximate surface area is 174 Å². The highest BCUT2D eigenvalue weighted by Gasteiger charge is 2.28. The molecule has 30 heavy (non-hydrogen) atoms. The summed E-state index contributed by atoms with van der Waals surface area (Å²) in [5, 5.41) is 7.17. The summed E-state index contributed by atoms with van der Waals surface area (Å²) < 4.78 is 11.1. The summed E-state index contributed by atoms with van der Waals surface area (Å²) in [6.07, 6.45) is 3.83. The average Bonchev–Trinajstić information content (AvgIpc) is 3.38. The van der Waals surface area contributed by atoms with Crippen LogP contribution in [0.4, 0.5) is 0 Å². The smallest absolute Gasteiger partial charge is 0.287 e. The Morgan fingerprint density at radius 2 is 1.97 bits per heavy atom. The number of nitrogens with one attached hydrogen (secondary N) is 2. The van der Waals surface area contributed by atoms with Crippen LogP contribution in [0.3, 0.4) is 0 Å². The summed E-state index contributed by atoms with van der Waals surface area (Å²) in [6, 6.07) is 10.9. The van der Waals surface area contributed by atoms with Gasteiger partial charge < -0.3 is 14.2 Å². The Hall–Kier alpha value is -3.61. The fourth-order valence-electron chi connectivity index (χ4n) is 3.63. The number of fused-ring (bicyclic) bond motifs is 1. The number of carbonyl (C=O) groups is 2. The number of hydrogen-bond donors (Lipinski definition) is 2. The van der Waals surface area contributed by atoms with Crippen LogP contribution in [-0.4, -0.2) is 17.5 Å². The third-order valence-corrected chi connectivity index (χ3v) is 5.11. The van der Waals surface area contributed by atoms with Crippen LogP contribution in [0.1, 0.15) is 62.0 Å². The van der Waals surface area contributed by atoms with Crippen molar-refractivity contribution in [2.45, 2.75) is 39.7 Å². The summed E-state index contributed by atoms with van der Waals surface area (Å²) in [7, 11) is 0. The van der Waals surface area contributed by atoms with E-state index in [0.717, 1.165) is 41.0 Å². The van der Waals surface area contributed by atoms with Crippen LogP contribution in [0.25, 0.3) is 0 Å². The first-order valence-corrected chi connectivity index (χ1v) is 9.89. The monoisotopic (exact) mass is 405 g/mol. The molecule has 7 nitrogen and oxygen atoms in total. The highest BCUT2D eigenvalue weighted by molar-refractivity contribution is 6.07. The van der Waals surface area contributed by atoms with Crippen LogP contribution in [0, 0.1) is 13.8 Å². The largest absolute Gasteiger partial charge is 0.467 e. The van der Waals surface area contributed by atoms with Crippen LogP contribution in [-0.2, 0) is 13.0 Å². The molecular weight excluding hydrogens is 382 g/mol. The van der Waals surface area contributed by atoms with Crippen molar-refractivity contribution >= 4 is 17.5 Å². The van der Waals surface area contributed by atoms with Crippen molar-refractivity contribution in [1.29, 1.82) is 0 Å². The van der Waals surface area contributed by atoms with Gasteiger partial charge in [-0.25, -0.2) is 5.43 Å². The number of benzene rings is 1. The number of hydrazone groups is 1. The molecule has 0 saturated heterocycles. The molecule has 1 aliphatic rings. The van der Waals surface area contributed by atoms with Gasteiger partial charge in [-0.15, -0.1) is 0 Å². The Balaban J connectivity index is 1.52. The predicted molar refractivity (Wildman–Crippen MR) is 111 cm³/mol. The number of carbonyl (C=O) groups excluding carboxylic acids is 2. The van der Waals surface area contributed by atoms with Gasteiger partial charge in [-0.05, 0) is 51.0 Å². The maximum Gasteiger partial charge on any atom is 0.287 e. The molecule has 154 valence electrons. The van der Waals surface area contributed by atoms with Crippen molar-refractivity contribution in [3.63, 3.8) is 0 Å². The quantitative estimate of drug-likeness (QED) is 0.630. The van der Waals surface area contributed by atoms with Crippen molar-refractivity contribution in [2.75, 3.05) is 0 Å². The lowest BCUT2D eigenvalue weighted by Crippen LogP contribution is -2.23. The van der Waals surface area contributed by atoms with Crippen LogP contribution in [0.2, 0.25) is 0 Å². The Morgan fingerprint density at radius 3 is 2.73 bits per heavy atom. The summed E-state index contributed by atoms with van der Waals surface area (Å²) in [5.74, 6) is 1.09. The third kappa shape index (κ3) is 4.05. The molecule has 0 aliphatic heterocycles. The number of rotatable bonds is 5. The summed E-state index contributed by atoms with van der Waals surface area (Å²) in [4.78, 5) is 25.0. The fourth-order valence-corrected chi connectivity index (χ4v) is 3.63. The van der Waals surface area contributed by atoms with Gasteiger partial charge in [0.15, 0.2) is 5.76 Å². The van der Waals surface area contributed by atoms with E-state index in [1.807, 2.05) is 32.0 Å². The van der Waals surface area contributed by atoms with Crippen LogP contribution >= 0.6 is 0 Å².